The Balaban J connectivity index is 2.13. The first-order chi connectivity index (χ1) is 13.0. The predicted octanol–water partition coefficient (Wildman–Crippen LogP) is 1.71. The highest BCUT2D eigenvalue weighted by Crippen LogP contribution is 2.21. The van der Waals surface area contributed by atoms with E-state index in [0.717, 1.165) is 0 Å². The summed E-state index contributed by atoms with van der Waals surface area (Å²) in [5, 5.41) is 11.7. The number of nitrogens with zero attached hydrogens (tertiary/aromatic N) is 1. The van der Waals surface area contributed by atoms with Gasteiger partial charge in [-0.25, -0.2) is 13.2 Å². The summed E-state index contributed by atoms with van der Waals surface area (Å²) in [6.07, 6.45) is -0.0871. The number of aliphatic carboxylic acids is 1. The van der Waals surface area contributed by atoms with E-state index in [4.69, 9.17) is 4.74 Å². The van der Waals surface area contributed by atoms with Crippen LogP contribution in [-0.2, 0) is 19.6 Å². The monoisotopic (exact) mass is 412 g/mol. The number of hydrogen-bond acceptors (Lipinski definition) is 5. The molecule has 1 aromatic carbocycles. The molecule has 1 heterocycles. The molecule has 0 unspecified atom stereocenters. The number of hydrogen-bond donors (Lipinski definition) is 2. The lowest BCUT2D eigenvalue weighted by Gasteiger charge is -2.34. The first-order valence-electron chi connectivity index (χ1n) is 9.30. The number of carbonyl (C=O) groups excluding carboxylic acids is 1. The molecule has 0 radical (unpaired) electrons. The molecule has 0 aromatic heterocycles. The SMILES string of the molecule is CC(C)C[C@H](NC(=O)c1ccc(S(=O)(=O)N2C[C@@H](C)O[C@@H](C)C2)cc1)C(=O)O. The van der Waals surface area contributed by atoms with Crippen LogP contribution >= 0.6 is 0 Å². The van der Waals surface area contributed by atoms with Crippen LogP contribution < -0.4 is 5.32 Å². The molecule has 0 aliphatic carbocycles. The predicted molar refractivity (Wildman–Crippen MR) is 104 cm³/mol. The lowest BCUT2D eigenvalue weighted by molar-refractivity contribution is -0.139. The number of amides is 1. The Labute approximate surface area is 165 Å². The minimum Gasteiger partial charge on any atom is -0.480 e. The molecular weight excluding hydrogens is 384 g/mol. The van der Waals surface area contributed by atoms with Crippen molar-refractivity contribution in [1.29, 1.82) is 0 Å². The highest BCUT2D eigenvalue weighted by molar-refractivity contribution is 7.89. The van der Waals surface area contributed by atoms with Crippen LogP contribution in [0.5, 0.6) is 0 Å². The Morgan fingerprint density at radius 2 is 1.71 bits per heavy atom. The molecule has 0 bridgehead atoms. The highest BCUT2D eigenvalue weighted by atomic mass is 32.2. The van der Waals surface area contributed by atoms with E-state index in [0.29, 0.717) is 6.42 Å². The van der Waals surface area contributed by atoms with Crippen LogP contribution in [0, 0.1) is 5.92 Å². The van der Waals surface area contributed by atoms with Gasteiger partial charge >= 0.3 is 5.97 Å². The number of carboxylic acid groups (broad SMARTS) is 1. The molecule has 3 atom stereocenters. The molecule has 1 aliphatic rings. The number of nitrogens with one attached hydrogen (secondary N) is 1. The zero-order valence-electron chi connectivity index (χ0n) is 16.6. The van der Waals surface area contributed by atoms with E-state index in [1.807, 2.05) is 27.7 Å². The third kappa shape index (κ3) is 5.52. The number of benzene rings is 1. The Bertz CT molecular complexity index is 796. The first-order valence-corrected chi connectivity index (χ1v) is 10.7. The molecule has 2 rings (SSSR count). The summed E-state index contributed by atoms with van der Waals surface area (Å²) < 4.78 is 32.6. The minimum absolute atomic E-state index is 0.0855. The fourth-order valence-corrected chi connectivity index (χ4v) is 4.78. The molecule has 1 saturated heterocycles. The molecule has 8 nitrogen and oxygen atoms in total. The number of ether oxygens (including phenoxy) is 1. The van der Waals surface area contributed by atoms with E-state index >= 15 is 0 Å². The van der Waals surface area contributed by atoms with Gasteiger partial charge in [-0.15, -0.1) is 0 Å². The van der Waals surface area contributed by atoms with Crippen LogP contribution in [0.3, 0.4) is 0 Å². The van der Waals surface area contributed by atoms with Crippen molar-refractivity contribution in [2.45, 2.75) is 57.3 Å². The molecule has 28 heavy (non-hydrogen) atoms. The quantitative estimate of drug-likeness (QED) is 0.705. The van der Waals surface area contributed by atoms with Crippen LogP contribution in [0.1, 0.15) is 44.5 Å². The van der Waals surface area contributed by atoms with Gasteiger partial charge in [0.25, 0.3) is 5.91 Å². The number of rotatable bonds is 7. The van der Waals surface area contributed by atoms with Crippen molar-refractivity contribution in [1.82, 2.24) is 9.62 Å². The van der Waals surface area contributed by atoms with E-state index in [1.54, 1.807) is 0 Å². The fourth-order valence-electron chi connectivity index (χ4n) is 3.19. The van der Waals surface area contributed by atoms with E-state index in [-0.39, 0.29) is 41.7 Å². The Hall–Kier alpha value is -1.97. The average Bonchev–Trinajstić information content (AvgIpc) is 2.60. The first kappa shape index (κ1) is 22.3. The molecule has 1 aliphatic heterocycles. The van der Waals surface area contributed by atoms with Gasteiger partial charge < -0.3 is 15.2 Å². The van der Waals surface area contributed by atoms with Gasteiger partial charge in [-0.3, -0.25) is 4.79 Å². The lowest BCUT2D eigenvalue weighted by Crippen LogP contribution is -2.48. The Kier molecular flexibility index (Phi) is 7.19. The van der Waals surface area contributed by atoms with E-state index in [9.17, 15) is 23.1 Å². The standard InChI is InChI=1S/C19H28N2O6S/c1-12(2)9-17(19(23)24)20-18(22)15-5-7-16(8-6-15)28(25,26)21-10-13(3)27-14(4)11-21/h5-8,12-14,17H,9-11H2,1-4H3,(H,20,22)(H,23,24)/t13-,14+,17-/m0/s1. The molecule has 1 amide bonds. The molecule has 0 saturated carbocycles. The maximum absolute atomic E-state index is 12.8. The van der Waals surface area contributed by atoms with Gasteiger partial charge in [-0.2, -0.15) is 4.31 Å². The smallest absolute Gasteiger partial charge is 0.326 e. The van der Waals surface area contributed by atoms with E-state index in [1.165, 1.54) is 28.6 Å². The van der Waals surface area contributed by atoms with Gasteiger partial charge in [-0.1, -0.05) is 13.8 Å². The Morgan fingerprint density at radius 1 is 1.18 bits per heavy atom. The molecule has 1 aromatic rings. The highest BCUT2D eigenvalue weighted by Gasteiger charge is 2.32. The van der Waals surface area contributed by atoms with Crippen LogP contribution in [0.4, 0.5) is 0 Å². The summed E-state index contributed by atoms with van der Waals surface area (Å²) >= 11 is 0. The van der Waals surface area contributed by atoms with Crippen molar-refractivity contribution in [2.24, 2.45) is 5.92 Å². The normalized spacial score (nSPS) is 22.0. The van der Waals surface area contributed by atoms with E-state index < -0.39 is 27.9 Å². The average molecular weight is 413 g/mol. The number of carbonyl (C=O) groups is 2. The van der Waals surface area contributed by atoms with Gasteiger partial charge in [-0.05, 0) is 50.5 Å². The number of morpholine rings is 1. The summed E-state index contributed by atoms with van der Waals surface area (Å²) in [4.78, 5) is 23.7. The zero-order valence-corrected chi connectivity index (χ0v) is 17.4. The van der Waals surface area contributed by atoms with Crippen molar-refractivity contribution in [2.75, 3.05) is 13.1 Å². The summed E-state index contributed by atoms with van der Waals surface area (Å²) in [5.41, 5.74) is 0.206. The molecule has 0 spiro atoms. The minimum atomic E-state index is -3.70. The Morgan fingerprint density at radius 3 is 2.18 bits per heavy atom. The summed E-state index contributed by atoms with van der Waals surface area (Å²) in [6.45, 7) is 7.92. The van der Waals surface area contributed by atoms with Gasteiger partial charge in [0.1, 0.15) is 6.04 Å². The van der Waals surface area contributed by atoms with Crippen molar-refractivity contribution in [3.05, 3.63) is 29.8 Å². The molecule has 1 fully saturated rings. The third-order valence-corrected chi connectivity index (χ3v) is 6.30. The van der Waals surface area contributed by atoms with Crippen LogP contribution in [0.25, 0.3) is 0 Å². The second-order valence-electron chi connectivity index (χ2n) is 7.60. The van der Waals surface area contributed by atoms with Gasteiger partial charge in [0.15, 0.2) is 0 Å². The molecule has 2 N–H and O–H groups in total. The van der Waals surface area contributed by atoms with Crippen LogP contribution in [-0.4, -0.2) is 61.0 Å². The summed E-state index contributed by atoms with van der Waals surface area (Å²) in [5.74, 6) is -1.55. The topological polar surface area (TPSA) is 113 Å². The van der Waals surface area contributed by atoms with Gasteiger partial charge in [0, 0.05) is 18.7 Å². The fraction of sp³-hybridized carbons (Fsp3) is 0.579. The van der Waals surface area contributed by atoms with Crippen molar-refractivity contribution in [3.63, 3.8) is 0 Å². The summed E-state index contributed by atoms with van der Waals surface area (Å²) in [6, 6.07) is 4.53. The van der Waals surface area contributed by atoms with Gasteiger partial charge in [0.05, 0.1) is 17.1 Å². The van der Waals surface area contributed by atoms with Gasteiger partial charge in [0.2, 0.25) is 10.0 Å². The third-order valence-electron chi connectivity index (χ3n) is 4.45. The second-order valence-corrected chi connectivity index (χ2v) is 9.54. The largest absolute Gasteiger partial charge is 0.480 e. The summed E-state index contributed by atoms with van der Waals surface area (Å²) in [7, 11) is -3.70. The number of sulfonamides is 1. The molecule has 156 valence electrons. The second kappa shape index (κ2) is 9.02. The van der Waals surface area contributed by atoms with Crippen molar-refractivity contribution < 1.29 is 27.9 Å². The van der Waals surface area contributed by atoms with Crippen molar-refractivity contribution in [3.8, 4) is 0 Å². The molecular formula is C19H28N2O6S. The molecule has 9 heteroatoms. The number of carboxylic acids is 1. The maximum atomic E-state index is 12.8. The maximum Gasteiger partial charge on any atom is 0.326 e. The van der Waals surface area contributed by atoms with Crippen molar-refractivity contribution >= 4 is 21.9 Å². The zero-order chi connectivity index (χ0) is 21.1. The van der Waals surface area contributed by atoms with Crippen LogP contribution in [0.2, 0.25) is 0 Å². The van der Waals surface area contributed by atoms with Crippen LogP contribution in [0.15, 0.2) is 29.2 Å². The lowest BCUT2D eigenvalue weighted by atomic mass is 10.0. The van der Waals surface area contributed by atoms with E-state index in [2.05, 4.69) is 5.32 Å².